The molecule has 0 aliphatic heterocycles. The minimum atomic E-state index is -0.238. The number of hydrogen-bond acceptors (Lipinski definition) is 2. The van der Waals surface area contributed by atoms with Gasteiger partial charge < -0.3 is 5.73 Å². The number of rotatable bonds is 2. The summed E-state index contributed by atoms with van der Waals surface area (Å²) in [6.45, 7) is 0. The van der Waals surface area contributed by atoms with Gasteiger partial charge in [0.2, 0.25) is 0 Å². The van der Waals surface area contributed by atoms with E-state index in [0.29, 0.717) is 0 Å². The molecule has 2 heterocycles. The number of nitrogen functional groups attached to an aromatic ring is 1. The molecule has 0 amide bonds. The van der Waals surface area contributed by atoms with Crippen LogP contribution in [-0.4, -0.2) is 9.61 Å². The molecule has 2 aromatic heterocycles. The van der Waals surface area contributed by atoms with Gasteiger partial charge in [0, 0.05) is 23.0 Å². The molecule has 4 rings (SSSR count). The Morgan fingerprint density at radius 3 is 2.43 bits per heavy atom. The van der Waals surface area contributed by atoms with Gasteiger partial charge in [-0.3, -0.25) is 0 Å². The monoisotopic (exact) mass is 303 g/mol. The van der Waals surface area contributed by atoms with Gasteiger partial charge in [0.25, 0.3) is 0 Å². The van der Waals surface area contributed by atoms with Crippen molar-refractivity contribution in [1.82, 2.24) is 9.61 Å². The summed E-state index contributed by atoms with van der Waals surface area (Å²) in [6.07, 6.45) is 3.77. The van der Waals surface area contributed by atoms with Crippen molar-refractivity contribution in [3.63, 3.8) is 0 Å². The summed E-state index contributed by atoms with van der Waals surface area (Å²) >= 11 is 0. The number of halogens is 1. The van der Waals surface area contributed by atoms with Crippen molar-refractivity contribution in [2.24, 2.45) is 0 Å². The molecule has 2 N–H and O–H groups in total. The lowest BCUT2D eigenvalue weighted by Gasteiger charge is -2.04. The minimum absolute atomic E-state index is 0.238. The third kappa shape index (κ3) is 2.44. The Hall–Kier alpha value is -3.14. The number of benzene rings is 2. The Labute approximate surface area is 132 Å². The molecule has 0 saturated heterocycles. The van der Waals surface area contributed by atoms with E-state index in [-0.39, 0.29) is 5.82 Å². The predicted molar refractivity (Wildman–Crippen MR) is 90.4 cm³/mol. The quantitative estimate of drug-likeness (QED) is 0.558. The summed E-state index contributed by atoms with van der Waals surface area (Å²) in [5.74, 6) is -0.238. The summed E-state index contributed by atoms with van der Waals surface area (Å²) in [7, 11) is 0. The highest BCUT2D eigenvalue weighted by Crippen LogP contribution is 2.28. The average molecular weight is 303 g/mol. The van der Waals surface area contributed by atoms with Crippen LogP contribution < -0.4 is 5.73 Å². The van der Waals surface area contributed by atoms with E-state index in [0.717, 1.165) is 33.5 Å². The number of fused-ring (bicyclic) bond motifs is 1. The predicted octanol–water partition coefficient (Wildman–Crippen LogP) is 4.39. The molecule has 112 valence electrons. The van der Waals surface area contributed by atoms with E-state index in [1.165, 1.54) is 12.1 Å². The third-order valence-corrected chi connectivity index (χ3v) is 3.89. The van der Waals surface area contributed by atoms with Crippen LogP contribution in [-0.2, 0) is 0 Å². The molecule has 0 atom stereocenters. The number of hydrogen-bond donors (Lipinski definition) is 1. The SMILES string of the molecule is Nc1cccc(-c2cnn3cc(-c4ccc(F)cc4)ccc23)c1. The van der Waals surface area contributed by atoms with E-state index >= 15 is 0 Å². The van der Waals surface area contributed by atoms with Gasteiger partial charge in [0.1, 0.15) is 5.82 Å². The smallest absolute Gasteiger partial charge is 0.123 e. The second-order valence-electron chi connectivity index (χ2n) is 5.44. The first-order chi connectivity index (χ1) is 11.2. The van der Waals surface area contributed by atoms with Gasteiger partial charge in [0.15, 0.2) is 0 Å². The fraction of sp³-hybridized carbons (Fsp3) is 0. The average Bonchev–Trinajstić information content (AvgIpc) is 2.98. The van der Waals surface area contributed by atoms with Crippen molar-refractivity contribution in [2.45, 2.75) is 0 Å². The first-order valence-electron chi connectivity index (χ1n) is 7.30. The van der Waals surface area contributed by atoms with Gasteiger partial charge >= 0.3 is 0 Å². The van der Waals surface area contributed by atoms with Crippen LogP contribution in [0.5, 0.6) is 0 Å². The normalized spacial score (nSPS) is 11.0. The molecule has 0 bridgehead atoms. The Morgan fingerprint density at radius 1 is 0.870 bits per heavy atom. The molecule has 4 heteroatoms. The van der Waals surface area contributed by atoms with Crippen LogP contribution in [0.25, 0.3) is 27.8 Å². The van der Waals surface area contributed by atoms with Crippen molar-refractivity contribution in [3.05, 3.63) is 78.9 Å². The third-order valence-electron chi connectivity index (χ3n) is 3.89. The lowest BCUT2D eigenvalue weighted by Crippen LogP contribution is -1.89. The second kappa shape index (κ2) is 5.25. The molecule has 0 fully saturated rings. The number of nitrogens with two attached hydrogens (primary N) is 1. The van der Waals surface area contributed by atoms with Crippen LogP contribution in [0.2, 0.25) is 0 Å². The van der Waals surface area contributed by atoms with E-state index in [1.807, 2.05) is 53.3 Å². The summed E-state index contributed by atoms with van der Waals surface area (Å²) in [5, 5.41) is 4.43. The van der Waals surface area contributed by atoms with Crippen LogP contribution in [0, 0.1) is 5.82 Å². The highest BCUT2D eigenvalue weighted by atomic mass is 19.1. The van der Waals surface area contributed by atoms with Gasteiger partial charge in [-0.1, -0.05) is 30.3 Å². The van der Waals surface area contributed by atoms with Crippen molar-refractivity contribution in [2.75, 3.05) is 5.73 Å². The number of anilines is 1. The summed E-state index contributed by atoms with van der Waals surface area (Å²) in [5.41, 5.74) is 11.6. The first-order valence-corrected chi connectivity index (χ1v) is 7.30. The molecule has 0 unspecified atom stereocenters. The minimum Gasteiger partial charge on any atom is -0.399 e. The van der Waals surface area contributed by atoms with Crippen LogP contribution in [0.1, 0.15) is 0 Å². The Morgan fingerprint density at radius 2 is 1.65 bits per heavy atom. The van der Waals surface area contributed by atoms with Crippen LogP contribution in [0.15, 0.2) is 73.1 Å². The van der Waals surface area contributed by atoms with Gasteiger partial charge in [-0.05, 0) is 41.5 Å². The number of aromatic nitrogens is 2. The molecule has 0 spiro atoms. The molecule has 4 aromatic rings. The maximum Gasteiger partial charge on any atom is 0.123 e. The van der Waals surface area contributed by atoms with E-state index in [1.54, 1.807) is 12.1 Å². The van der Waals surface area contributed by atoms with Gasteiger partial charge in [-0.2, -0.15) is 5.10 Å². The second-order valence-corrected chi connectivity index (χ2v) is 5.44. The maximum atomic E-state index is 13.1. The van der Waals surface area contributed by atoms with Gasteiger partial charge in [0.05, 0.1) is 11.7 Å². The lowest BCUT2D eigenvalue weighted by atomic mass is 10.0. The van der Waals surface area contributed by atoms with E-state index in [2.05, 4.69) is 5.10 Å². The van der Waals surface area contributed by atoms with Crippen LogP contribution in [0.4, 0.5) is 10.1 Å². The highest BCUT2D eigenvalue weighted by Gasteiger charge is 2.08. The summed E-state index contributed by atoms with van der Waals surface area (Å²) < 4.78 is 14.9. The van der Waals surface area contributed by atoms with Gasteiger partial charge in [-0.25, -0.2) is 8.91 Å². The van der Waals surface area contributed by atoms with E-state index in [4.69, 9.17) is 5.73 Å². The molecule has 0 aliphatic carbocycles. The van der Waals surface area contributed by atoms with Crippen molar-refractivity contribution >= 4 is 11.2 Å². The molecule has 23 heavy (non-hydrogen) atoms. The largest absolute Gasteiger partial charge is 0.399 e. The Bertz CT molecular complexity index is 987. The summed E-state index contributed by atoms with van der Waals surface area (Å²) in [4.78, 5) is 0. The molecular weight excluding hydrogens is 289 g/mol. The fourth-order valence-corrected chi connectivity index (χ4v) is 2.73. The van der Waals surface area contributed by atoms with Gasteiger partial charge in [-0.15, -0.1) is 0 Å². The fourth-order valence-electron chi connectivity index (χ4n) is 2.73. The standard InChI is InChI=1S/C19H14FN3/c20-16-7-4-13(5-8-16)15-6-9-19-18(11-22-23(19)12-15)14-2-1-3-17(21)10-14/h1-12H,21H2. The topological polar surface area (TPSA) is 43.3 Å². The molecule has 0 radical (unpaired) electrons. The highest BCUT2D eigenvalue weighted by molar-refractivity contribution is 5.82. The summed E-state index contributed by atoms with van der Waals surface area (Å²) in [6, 6.07) is 18.2. The molecule has 3 nitrogen and oxygen atoms in total. The molecule has 0 saturated carbocycles. The Balaban J connectivity index is 1.81. The van der Waals surface area contributed by atoms with Crippen LogP contribution >= 0.6 is 0 Å². The molecular formula is C19H14FN3. The maximum absolute atomic E-state index is 13.1. The first kappa shape index (κ1) is 13.5. The molecule has 0 aliphatic rings. The lowest BCUT2D eigenvalue weighted by molar-refractivity contribution is 0.628. The zero-order chi connectivity index (χ0) is 15.8. The molecule has 2 aromatic carbocycles. The van der Waals surface area contributed by atoms with E-state index < -0.39 is 0 Å². The Kier molecular flexibility index (Phi) is 3.08. The van der Waals surface area contributed by atoms with Crippen molar-refractivity contribution < 1.29 is 4.39 Å². The van der Waals surface area contributed by atoms with E-state index in [9.17, 15) is 4.39 Å². The van der Waals surface area contributed by atoms with Crippen molar-refractivity contribution in [3.8, 4) is 22.3 Å². The number of nitrogens with zero attached hydrogens (tertiary/aromatic N) is 2. The van der Waals surface area contributed by atoms with Crippen molar-refractivity contribution in [1.29, 1.82) is 0 Å². The van der Waals surface area contributed by atoms with Crippen LogP contribution in [0.3, 0.4) is 0 Å². The zero-order valence-corrected chi connectivity index (χ0v) is 12.3. The zero-order valence-electron chi connectivity index (χ0n) is 12.3. The number of pyridine rings is 1.